The highest BCUT2D eigenvalue weighted by Gasteiger charge is 2.52. The minimum Gasteiger partial charge on any atom is -0.497 e. The molecule has 1 fully saturated rings. The first-order valence-corrected chi connectivity index (χ1v) is 9.33. The lowest BCUT2D eigenvalue weighted by Gasteiger charge is -2.48. The molecule has 8 nitrogen and oxygen atoms in total. The first-order chi connectivity index (χ1) is 12.9. The molecule has 0 radical (unpaired) electrons. The van der Waals surface area contributed by atoms with Crippen LogP contribution in [0.5, 0.6) is 5.75 Å². The van der Waals surface area contributed by atoms with Gasteiger partial charge in [0.05, 0.1) is 7.11 Å². The number of carbonyl (C=O) groups is 3. The van der Waals surface area contributed by atoms with E-state index < -0.39 is 18.0 Å². The van der Waals surface area contributed by atoms with E-state index in [1.165, 1.54) is 23.6 Å². The number of nitrogens with zero attached hydrogens (tertiary/aromatic N) is 1. The number of rotatable bonds is 6. The van der Waals surface area contributed by atoms with Gasteiger partial charge in [-0.05, 0) is 17.7 Å². The Kier molecular flexibility index (Phi) is 5.71. The molecule has 1 aromatic rings. The molecule has 1 saturated heterocycles. The van der Waals surface area contributed by atoms with Crippen LogP contribution in [0.3, 0.4) is 0 Å². The molecule has 2 aliphatic rings. The van der Waals surface area contributed by atoms with Crippen molar-refractivity contribution in [2.75, 3.05) is 19.5 Å². The van der Waals surface area contributed by atoms with Gasteiger partial charge in [-0.15, -0.1) is 11.8 Å². The summed E-state index contributed by atoms with van der Waals surface area (Å²) >= 11 is 1.43. The molecule has 3 rings (SSSR count). The number of nitrogens with two attached hydrogens (primary N) is 1. The third-order valence-electron chi connectivity index (χ3n) is 4.26. The number of thioether (sulfide) groups is 1. The summed E-state index contributed by atoms with van der Waals surface area (Å²) in [6.45, 7) is 1.26. The Morgan fingerprint density at radius 2 is 1.93 bits per heavy atom. The molecular formula is C18H20N2O6S. The monoisotopic (exact) mass is 392 g/mol. The van der Waals surface area contributed by atoms with E-state index in [1.54, 1.807) is 31.4 Å². The Labute approximate surface area is 160 Å². The Hall–Kier alpha value is -2.52. The van der Waals surface area contributed by atoms with Crippen LogP contribution >= 0.6 is 11.8 Å². The lowest BCUT2D eigenvalue weighted by atomic mass is 10.0. The van der Waals surface area contributed by atoms with Crippen LogP contribution in [0.25, 0.3) is 0 Å². The number of carbonyl (C=O) groups excluding carboxylic acids is 3. The van der Waals surface area contributed by atoms with Gasteiger partial charge in [0.15, 0.2) is 0 Å². The van der Waals surface area contributed by atoms with Crippen molar-refractivity contribution in [3.8, 4) is 5.75 Å². The van der Waals surface area contributed by atoms with Gasteiger partial charge >= 0.3 is 11.9 Å². The standard InChI is InChI=1S/C18H20N2O6S/c1-10(21)25-8-12-9-27-17-14(19)16(22)20(17)15(12)18(23)26-7-11-3-5-13(24-2)6-4-11/h3-6,14,17H,7-9,19H2,1-2H3/t14?,17-/m1/s1. The second kappa shape index (κ2) is 8.01. The average molecular weight is 392 g/mol. The van der Waals surface area contributed by atoms with Crippen molar-refractivity contribution in [3.63, 3.8) is 0 Å². The summed E-state index contributed by atoms with van der Waals surface area (Å²) in [7, 11) is 1.57. The molecule has 144 valence electrons. The van der Waals surface area contributed by atoms with Gasteiger partial charge in [0, 0.05) is 18.2 Å². The minimum absolute atomic E-state index is 0.0407. The summed E-state index contributed by atoms with van der Waals surface area (Å²) in [6.07, 6.45) is 0. The highest BCUT2D eigenvalue weighted by Crippen LogP contribution is 2.39. The van der Waals surface area contributed by atoms with Crippen molar-refractivity contribution in [1.82, 2.24) is 4.90 Å². The van der Waals surface area contributed by atoms with E-state index in [2.05, 4.69) is 0 Å². The van der Waals surface area contributed by atoms with Gasteiger partial charge < -0.3 is 19.9 Å². The van der Waals surface area contributed by atoms with E-state index in [1.807, 2.05) is 0 Å². The first-order valence-electron chi connectivity index (χ1n) is 8.28. The van der Waals surface area contributed by atoms with E-state index in [9.17, 15) is 14.4 Å². The van der Waals surface area contributed by atoms with Crippen LogP contribution in [0.15, 0.2) is 35.5 Å². The van der Waals surface area contributed by atoms with E-state index >= 15 is 0 Å². The third kappa shape index (κ3) is 3.93. The summed E-state index contributed by atoms with van der Waals surface area (Å²) in [5.74, 6) is -0.319. The predicted octanol–water partition coefficient (Wildman–Crippen LogP) is 0.798. The van der Waals surface area contributed by atoms with Gasteiger partial charge in [-0.1, -0.05) is 12.1 Å². The summed E-state index contributed by atoms with van der Waals surface area (Å²) in [5, 5.41) is -0.304. The van der Waals surface area contributed by atoms with Gasteiger partial charge in [0.25, 0.3) is 0 Å². The number of benzene rings is 1. The number of hydrogen-bond acceptors (Lipinski definition) is 8. The summed E-state index contributed by atoms with van der Waals surface area (Å²) in [5.41, 5.74) is 7.25. The highest BCUT2D eigenvalue weighted by molar-refractivity contribution is 8.00. The zero-order valence-corrected chi connectivity index (χ0v) is 15.8. The molecule has 9 heteroatoms. The molecule has 0 aromatic heterocycles. The summed E-state index contributed by atoms with van der Waals surface area (Å²) in [6, 6.07) is 6.45. The van der Waals surface area contributed by atoms with E-state index in [0.29, 0.717) is 17.1 Å². The van der Waals surface area contributed by atoms with Crippen LogP contribution in [-0.2, 0) is 30.5 Å². The molecule has 2 atom stereocenters. The number of esters is 2. The van der Waals surface area contributed by atoms with Crippen LogP contribution in [0.2, 0.25) is 0 Å². The molecule has 27 heavy (non-hydrogen) atoms. The number of ether oxygens (including phenoxy) is 3. The van der Waals surface area contributed by atoms with Gasteiger partial charge in [0.2, 0.25) is 5.91 Å². The molecule has 0 aliphatic carbocycles. The first kappa shape index (κ1) is 19.2. The van der Waals surface area contributed by atoms with Crippen LogP contribution in [0.4, 0.5) is 0 Å². The number of amides is 1. The highest BCUT2D eigenvalue weighted by atomic mass is 32.2. The van der Waals surface area contributed by atoms with Crippen LogP contribution < -0.4 is 10.5 Å². The van der Waals surface area contributed by atoms with Crippen LogP contribution in [0.1, 0.15) is 12.5 Å². The molecule has 0 spiro atoms. The SMILES string of the molecule is COc1ccc(COC(=O)C2=C(COC(C)=O)CS[C@@H]3C(N)C(=O)N23)cc1. The zero-order valence-electron chi connectivity index (χ0n) is 15.0. The molecule has 0 bridgehead atoms. The van der Waals surface area contributed by atoms with Gasteiger partial charge in [-0.25, -0.2) is 4.79 Å². The average Bonchev–Trinajstić information content (AvgIpc) is 2.69. The van der Waals surface area contributed by atoms with Crippen molar-refractivity contribution in [3.05, 3.63) is 41.1 Å². The van der Waals surface area contributed by atoms with Crippen molar-refractivity contribution in [2.24, 2.45) is 5.73 Å². The number of β-lactam (4-membered cyclic amide) rings is 1. The molecule has 2 N–H and O–H groups in total. The molecule has 1 amide bonds. The number of methoxy groups -OCH3 is 1. The smallest absolute Gasteiger partial charge is 0.355 e. The second-order valence-electron chi connectivity index (χ2n) is 6.09. The zero-order chi connectivity index (χ0) is 19.6. The Balaban J connectivity index is 1.75. The Morgan fingerprint density at radius 3 is 2.56 bits per heavy atom. The number of fused-ring (bicyclic) bond motifs is 1. The maximum absolute atomic E-state index is 12.7. The molecule has 2 heterocycles. The van der Waals surface area contributed by atoms with Crippen molar-refractivity contribution < 1.29 is 28.6 Å². The quantitative estimate of drug-likeness (QED) is 0.559. The third-order valence-corrected chi connectivity index (χ3v) is 5.62. The second-order valence-corrected chi connectivity index (χ2v) is 7.20. The molecule has 0 saturated carbocycles. The van der Waals surface area contributed by atoms with Crippen LogP contribution in [0, 0.1) is 0 Å². The van der Waals surface area contributed by atoms with E-state index in [0.717, 1.165) is 5.56 Å². The topological polar surface area (TPSA) is 108 Å². The fraction of sp³-hybridized carbons (Fsp3) is 0.389. The molecular weight excluding hydrogens is 372 g/mol. The fourth-order valence-corrected chi connectivity index (χ4v) is 4.08. The van der Waals surface area contributed by atoms with Gasteiger partial charge in [-0.2, -0.15) is 0 Å². The normalized spacial score (nSPS) is 21.3. The maximum atomic E-state index is 12.7. The van der Waals surface area contributed by atoms with Crippen molar-refractivity contribution >= 4 is 29.6 Å². The number of hydrogen-bond donors (Lipinski definition) is 1. The van der Waals surface area contributed by atoms with Crippen LogP contribution in [-0.4, -0.2) is 53.6 Å². The molecule has 1 unspecified atom stereocenters. The molecule has 1 aromatic carbocycles. The predicted molar refractivity (Wildman–Crippen MR) is 97.5 cm³/mol. The lowest BCUT2D eigenvalue weighted by Crippen LogP contribution is -2.68. The summed E-state index contributed by atoms with van der Waals surface area (Å²) in [4.78, 5) is 37.3. The van der Waals surface area contributed by atoms with E-state index in [4.69, 9.17) is 19.9 Å². The fourth-order valence-electron chi connectivity index (χ4n) is 2.81. The maximum Gasteiger partial charge on any atom is 0.355 e. The summed E-state index contributed by atoms with van der Waals surface area (Å²) < 4.78 is 15.5. The Morgan fingerprint density at radius 1 is 1.22 bits per heavy atom. The van der Waals surface area contributed by atoms with Crippen molar-refractivity contribution in [1.29, 1.82) is 0 Å². The lowest BCUT2D eigenvalue weighted by molar-refractivity contribution is -0.151. The van der Waals surface area contributed by atoms with Gasteiger partial charge in [-0.3, -0.25) is 14.5 Å². The van der Waals surface area contributed by atoms with Gasteiger partial charge in [0.1, 0.15) is 36.1 Å². The largest absolute Gasteiger partial charge is 0.497 e. The Bertz CT molecular complexity index is 792. The van der Waals surface area contributed by atoms with E-state index in [-0.39, 0.29) is 30.2 Å². The molecule has 2 aliphatic heterocycles. The minimum atomic E-state index is -0.644. The van der Waals surface area contributed by atoms with Crippen molar-refractivity contribution in [2.45, 2.75) is 24.9 Å².